The van der Waals surface area contributed by atoms with Gasteiger partial charge in [0.05, 0.1) is 0 Å². The molecule has 4 nitrogen and oxygen atoms in total. The Kier molecular flexibility index (Phi) is 2.95. The van der Waals surface area contributed by atoms with Gasteiger partial charge < -0.3 is 10.5 Å². The maximum Gasteiger partial charge on any atom is 0.368 e. The SMILES string of the molecule is CN/N=C(\Cl)C(=O)O. The predicted octanol–water partition coefficient (Wildman–Crippen LogP) is -0.157. The molecule has 0 bridgehead atoms. The molecule has 0 atom stereocenters. The van der Waals surface area contributed by atoms with Crippen LogP contribution in [-0.2, 0) is 4.79 Å². The zero-order valence-electron chi connectivity index (χ0n) is 4.18. The van der Waals surface area contributed by atoms with Gasteiger partial charge in [0.1, 0.15) is 0 Å². The minimum Gasteiger partial charge on any atom is -0.476 e. The maximum absolute atomic E-state index is 9.79. The van der Waals surface area contributed by atoms with Crippen LogP contribution in [0, 0.1) is 0 Å². The smallest absolute Gasteiger partial charge is 0.368 e. The highest BCUT2D eigenvalue weighted by molar-refractivity contribution is 6.81. The Balaban J connectivity index is 3.80. The van der Waals surface area contributed by atoms with E-state index in [1.165, 1.54) is 7.05 Å². The number of nitrogens with zero attached hydrogens (tertiary/aromatic N) is 1. The lowest BCUT2D eigenvalue weighted by Gasteiger charge is -1.86. The van der Waals surface area contributed by atoms with Gasteiger partial charge in [-0.3, -0.25) is 0 Å². The van der Waals surface area contributed by atoms with Crippen LogP contribution >= 0.6 is 11.6 Å². The quantitative estimate of drug-likeness (QED) is 0.410. The molecule has 0 unspecified atom stereocenters. The van der Waals surface area contributed by atoms with Gasteiger partial charge in [-0.05, 0) is 0 Å². The lowest BCUT2D eigenvalue weighted by Crippen LogP contribution is -2.09. The molecule has 0 spiro atoms. The Morgan fingerprint density at radius 3 is 2.50 bits per heavy atom. The van der Waals surface area contributed by atoms with Gasteiger partial charge in [0, 0.05) is 7.05 Å². The fourth-order valence-corrected chi connectivity index (χ4v) is 0.230. The van der Waals surface area contributed by atoms with E-state index < -0.39 is 11.1 Å². The molecule has 0 amide bonds. The van der Waals surface area contributed by atoms with Crippen LogP contribution in [0.1, 0.15) is 0 Å². The van der Waals surface area contributed by atoms with E-state index in [-0.39, 0.29) is 0 Å². The van der Waals surface area contributed by atoms with Crippen LogP contribution in [0.25, 0.3) is 0 Å². The number of hydrogen-bond donors (Lipinski definition) is 2. The second kappa shape index (κ2) is 3.26. The van der Waals surface area contributed by atoms with Crippen LogP contribution in [0.5, 0.6) is 0 Å². The summed E-state index contributed by atoms with van der Waals surface area (Å²) in [7, 11) is 1.46. The van der Waals surface area contributed by atoms with Crippen molar-refractivity contribution in [3.8, 4) is 0 Å². The second-order valence-corrected chi connectivity index (χ2v) is 1.29. The predicted molar refractivity (Wildman–Crippen MR) is 30.0 cm³/mol. The number of nitrogens with one attached hydrogen (secondary N) is 1. The summed E-state index contributed by atoms with van der Waals surface area (Å²) in [5, 5.41) is 10.7. The molecule has 0 aromatic rings. The van der Waals surface area contributed by atoms with Gasteiger partial charge in [-0.15, -0.1) is 0 Å². The molecule has 0 aromatic heterocycles. The Morgan fingerprint density at radius 1 is 1.88 bits per heavy atom. The molecular formula is C3H5ClN2O2. The van der Waals surface area contributed by atoms with Crippen LogP contribution in [0.2, 0.25) is 0 Å². The number of carboxylic acids is 1. The van der Waals surface area contributed by atoms with Crippen molar-refractivity contribution in [1.82, 2.24) is 5.43 Å². The minimum atomic E-state index is -1.24. The van der Waals surface area contributed by atoms with E-state index in [9.17, 15) is 4.79 Å². The standard InChI is InChI=1S/C3H5ClN2O2/c1-5-6-2(4)3(7)8/h5H,1H3,(H,7,8)/b6-2-. The number of carboxylic acid groups (broad SMARTS) is 1. The van der Waals surface area contributed by atoms with E-state index in [0.717, 1.165) is 0 Å². The Bertz CT molecular complexity index is 122. The lowest BCUT2D eigenvalue weighted by atomic mass is 10.8. The molecule has 0 rings (SSSR count). The summed E-state index contributed by atoms with van der Waals surface area (Å²) in [6.45, 7) is 0. The van der Waals surface area contributed by atoms with Crippen molar-refractivity contribution in [2.45, 2.75) is 0 Å². The van der Waals surface area contributed by atoms with Crippen LogP contribution < -0.4 is 5.43 Å². The monoisotopic (exact) mass is 136 g/mol. The number of rotatable bonds is 2. The Labute approximate surface area is 51.1 Å². The van der Waals surface area contributed by atoms with E-state index >= 15 is 0 Å². The highest BCUT2D eigenvalue weighted by Gasteiger charge is 2.01. The van der Waals surface area contributed by atoms with Gasteiger partial charge in [0.15, 0.2) is 0 Å². The summed E-state index contributed by atoms with van der Waals surface area (Å²) in [5.74, 6) is -1.24. The van der Waals surface area contributed by atoms with Gasteiger partial charge in [-0.2, -0.15) is 5.10 Å². The summed E-state index contributed by atoms with van der Waals surface area (Å²) in [6.07, 6.45) is 0. The van der Waals surface area contributed by atoms with E-state index in [0.29, 0.717) is 0 Å². The number of hydrogen-bond acceptors (Lipinski definition) is 3. The van der Waals surface area contributed by atoms with Crippen molar-refractivity contribution in [2.24, 2.45) is 5.10 Å². The Hall–Kier alpha value is -0.770. The maximum atomic E-state index is 9.79. The lowest BCUT2D eigenvalue weighted by molar-refractivity contribution is -0.129. The van der Waals surface area contributed by atoms with Gasteiger partial charge in [-0.1, -0.05) is 11.6 Å². The van der Waals surface area contributed by atoms with Gasteiger partial charge in [0.2, 0.25) is 5.17 Å². The number of hydrazone groups is 1. The van der Waals surface area contributed by atoms with E-state index in [4.69, 9.17) is 16.7 Å². The molecular weight excluding hydrogens is 131 g/mol. The van der Waals surface area contributed by atoms with Crippen molar-refractivity contribution in [1.29, 1.82) is 0 Å². The minimum absolute atomic E-state index is 0.465. The van der Waals surface area contributed by atoms with Gasteiger partial charge in [-0.25, -0.2) is 4.79 Å². The highest BCUT2D eigenvalue weighted by atomic mass is 35.5. The van der Waals surface area contributed by atoms with Crippen molar-refractivity contribution >= 4 is 22.7 Å². The zero-order chi connectivity index (χ0) is 6.57. The van der Waals surface area contributed by atoms with Gasteiger partial charge in [0.25, 0.3) is 0 Å². The molecule has 46 valence electrons. The molecule has 0 saturated heterocycles. The number of halogens is 1. The van der Waals surface area contributed by atoms with Crippen molar-refractivity contribution in [2.75, 3.05) is 7.05 Å². The van der Waals surface area contributed by atoms with E-state index in [1.807, 2.05) is 0 Å². The second-order valence-electron chi connectivity index (χ2n) is 0.931. The Morgan fingerprint density at radius 2 is 2.38 bits per heavy atom. The fourth-order valence-electron chi connectivity index (χ4n) is 0.146. The molecule has 0 radical (unpaired) electrons. The first-order valence-electron chi connectivity index (χ1n) is 1.81. The highest BCUT2D eigenvalue weighted by Crippen LogP contribution is 1.81. The topological polar surface area (TPSA) is 61.7 Å². The summed E-state index contributed by atoms with van der Waals surface area (Å²) < 4.78 is 0. The zero-order valence-corrected chi connectivity index (χ0v) is 4.94. The molecule has 0 fully saturated rings. The molecule has 0 aromatic carbocycles. The first-order chi connectivity index (χ1) is 3.68. The third-order valence-corrected chi connectivity index (χ3v) is 0.633. The summed E-state index contributed by atoms with van der Waals surface area (Å²) in [6, 6.07) is 0. The summed E-state index contributed by atoms with van der Waals surface area (Å²) in [4.78, 5) is 9.79. The van der Waals surface area contributed by atoms with Crippen LogP contribution in [0.3, 0.4) is 0 Å². The van der Waals surface area contributed by atoms with Crippen LogP contribution in [-0.4, -0.2) is 23.3 Å². The van der Waals surface area contributed by atoms with Crippen molar-refractivity contribution in [3.05, 3.63) is 0 Å². The molecule has 0 aliphatic rings. The fraction of sp³-hybridized carbons (Fsp3) is 0.333. The van der Waals surface area contributed by atoms with E-state index in [2.05, 4.69) is 10.5 Å². The van der Waals surface area contributed by atoms with Crippen LogP contribution in [0.4, 0.5) is 0 Å². The number of aliphatic carboxylic acids is 1. The largest absolute Gasteiger partial charge is 0.476 e. The first kappa shape index (κ1) is 7.23. The normalized spacial score (nSPS) is 11.0. The molecule has 0 saturated carbocycles. The van der Waals surface area contributed by atoms with Gasteiger partial charge >= 0.3 is 5.97 Å². The molecule has 2 N–H and O–H groups in total. The molecule has 0 aliphatic carbocycles. The molecule has 8 heavy (non-hydrogen) atoms. The first-order valence-corrected chi connectivity index (χ1v) is 2.19. The van der Waals surface area contributed by atoms with E-state index in [1.54, 1.807) is 0 Å². The molecule has 0 aliphatic heterocycles. The summed E-state index contributed by atoms with van der Waals surface area (Å²) in [5.41, 5.74) is 2.22. The average molecular weight is 137 g/mol. The molecule has 5 heteroatoms. The third-order valence-electron chi connectivity index (χ3n) is 0.386. The number of carbonyl (C=O) groups is 1. The van der Waals surface area contributed by atoms with Crippen LogP contribution in [0.15, 0.2) is 5.10 Å². The summed E-state index contributed by atoms with van der Waals surface area (Å²) >= 11 is 5.00. The molecule has 0 heterocycles. The average Bonchev–Trinajstić information content (AvgIpc) is 1.67. The van der Waals surface area contributed by atoms with Crippen molar-refractivity contribution in [3.63, 3.8) is 0 Å². The van der Waals surface area contributed by atoms with Crippen molar-refractivity contribution < 1.29 is 9.90 Å². The third kappa shape index (κ3) is 2.41.